The molecule has 0 aromatic carbocycles. The molecule has 1 aliphatic rings. The number of hydrogen-bond acceptors (Lipinski definition) is 4. The van der Waals surface area contributed by atoms with Gasteiger partial charge in [-0.3, -0.25) is 0 Å². The molecule has 1 unspecified atom stereocenters. The molecule has 2 heterocycles. The highest BCUT2D eigenvalue weighted by Gasteiger charge is 2.28. The minimum Gasteiger partial charge on any atom is -0.379 e. The van der Waals surface area contributed by atoms with Crippen LogP contribution in [0.3, 0.4) is 0 Å². The van der Waals surface area contributed by atoms with Crippen molar-refractivity contribution in [3.05, 3.63) is 16.1 Å². The number of aryl methyl sites for hydroxylation is 1. The van der Waals surface area contributed by atoms with Crippen molar-refractivity contribution in [1.29, 1.82) is 0 Å². The molecule has 1 saturated heterocycles. The fourth-order valence-corrected chi connectivity index (χ4v) is 2.21. The Morgan fingerprint density at radius 1 is 1.71 bits per heavy atom. The van der Waals surface area contributed by atoms with Gasteiger partial charge in [0.1, 0.15) is 0 Å². The van der Waals surface area contributed by atoms with Crippen molar-refractivity contribution in [2.24, 2.45) is 0 Å². The van der Waals surface area contributed by atoms with Crippen molar-refractivity contribution in [3.63, 3.8) is 0 Å². The van der Waals surface area contributed by atoms with Crippen LogP contribution in [0.1, 0.15) is 24.0 Å². The van der Waals surface area contributed by atoms with Crippen LogP contribution in [0.15, 0.2) is 5.38 Å². The lowest BCUT2D eigenvalue weighted by atomic mass is 10.0. The van der Waals surface area contributed by atoms with Crippen LogP contribution >= 0.6 is 11.3 Å². The van der Waals surface area contributed by atoms with E-state index in [1.165, 1.54) is 0 Å². The zero-order chi connectivity index (χ0) is 10.0. The Hall–Kier alpha value is -0.450. The van der Waals surface area contributed by atoms with Gasteiger partial charge in [0.05, 0.1) is 17.3 Å². The largest absolute Gasteiger partial charge is 0.379 e. The first-order valence-corrected chi connectivity index (χ1v) is 5.80. The number of nitrogens with zero attached hydrogens (tertiary/aromatic N) is 1. The molecule has 1 aliphatic heterocycles. The Morgan fingerprint density at radius 3 is 3.14 bits per heavy atom. The summed E-state index contributed by atoms with van der Waals surface area (Å²) in [6, 6.07) is 0. The maximum Gasteiger partial charge on any atom is 0.0897 e. The van der Waals surface area contributed by atoms with E-state index in [0.29, 0.717) is 0 Å². The lowest BCUT2D eigenvalue weighted by Crippen LogP contribution is -2.42. The fourth-order valence-electron chi connectivity index (χ4n) is 1.60. The van der Waals surface area contributed by atoms with Gasteiger partial charge in [-0.1, -0.05) is 0 Å². The molecule has 1 aromatic heterocycles. The van der Waals surface area contributed by atoms with Crippen LogP contribution in [0, 0.1) is 6.92 Å². The van der Waals surface area contributed by atoms with Crippen LogP contribution in [0.2, 0.25) is 0 Å². The van der Waals surface area contributed by atoms with Crippen LogP contribution in [0.5, 0.6) is 0 Å². The van der Waals surface area contributed by atoms with Crippen molar-refractivity contribution >= 4 is 11.3 Å². The molecular formula is C10H16N2OS. The van der Waals surface area contributed by atoms with E-state index < -0.39 is 0 Å². The Balaban J connectivity index is 1.87. The van der Waals surface area contributed by atoms with Gasteiger partial charge in [-0.25, -0.2) is 4.98 Å². The van der Waals surface area contributed by atoms with Gasteiger partial charge < -0.3 is 10.1 Å². The fraction of sp³-hybridized carbons (Fsp3) is 0.700. The average Bonchev–Trinajstić information content (AvgIpc) is 2.73. The first-order valence-electron chi connectivity index (χ1n) is 4.92. The monoisotopic (exact) mass is 212 g/mol. The topological polar surface area (TPSA) is 34.2 Å². The van der Waals surface area contributed by atoms with Crippen LogP contribution < -0.4 is 5.32 Å². The van der Waals surface area contributed by atoms with Crippen molar-refractivity contribution in [1.82, 2.24) is 10.3 Å². The number of hydrogen-bond donors (Lipinski definition) is 1. The highest BCUT2D eigenvalue weighted by Crippen LogP contribution is 2.18. The van der Waals surface area contributed by atoms with Crippen LogP contribution in [-0.4, -0.2) is 23.7 Å². The molecule has 1 fully saturated rings. The van der Waals surface area contributed by atoms with Gasteiger partial charge in [0.15, 0.2) is 0 Å². The number of ether oxygens (including phenoxy) is 1. The molecule has 0 amide bonds. The zero-order valence-corrected chi connectivity index (χ0v) is 9.49. The first-order chi connectivity index (χ1) is 6.68. The molecule has 0 saturated carbocycles. The Morgan fingerprint density at radius 2 is 2.57 bits per heavy atom. The highest BCUT2D eigenvalue weighted by molar-refractivity contribution is 7.09. The predicted molar refractivity (Wildman–Crippen MR) is 57.5 cm³/mol. The second-order valence-corrected chi connectivity index (χ2v) is 5.14. The Bertz CT molecular complexity index is 305. The zero-order valence-electron chi connectivity index (χ0n) is 8.67. The minimum absolute atomic E-state index is 0.150. The van der Waals surface area contributed by atoms with Gasteiger partial charge in [0.2, 0.25) is 0 Å². The summed E-state index contributed by atoms with van der Waals surface area (Å²) in [5.41, 5.74) is 1.29. The smallest absolute Gasteiger partial charge is 0.0897 e. The molecular weight excluding hydrogens is 196 g/mol. The summed E-state index contributed by atoms with van der Waals surface area (Å²) in [7, 11) is 0. The summed E-state index contributed by atoms with van der Waals surface area (Å²) in [6.45, 7) is 6.79. The predicted octanol–water partition coefficient (Wildman–Crippen LogP) is 1.72. The number of nitrogens with one attached hydrogen (secondary N) is 1. The molecule has 14 heavy (non-hydrogen) atoms. The normalized spacial score (nSPS) is 27.0. The second-order valence-electron chi connectivity index (χ2n) is 4.07. The van der Waals surface area contributed by atoms with E-state index in [1.54, 1.807) is 11.3 Å². The molecule has 0 radical (unpaired) electrons. The molecule has 3 nitrogen and oxygen atoms in total. The van der Waals surface area contributed by atoms with Crippen LogP contribution in [0.25, 0.3) is 0 Å². The standard InChI is InChI=1S/C10H16N2OS/c1-8-12-9(6-14-8)5-11-10(2)3-4-13-7-10/h6,11H,3-5,7H2,1-2H3. The maximum atomic E-state index is 5.37. The number of rotatable bonds is 3. The summed E-state index contributed by atoms with van der Waals surface area (Å²) >= 11 is 1.70. The molecule has 2 rings (SSSR count). The van der Waals surface area contributed by atoms with E-state index in [2.05, 4.69) is 22.6 Å². The molecule has 0 aliphatic carbocycles. The second kappa shape index (κ2) is 3.96. The van der Waals surface area contributed by atoms with E-state index in [0.717, 1.165) is 36.9 Å². The third kappa shape index (κ3) is 2.32. The summed E-state index contributed by atoms with van der Waals surface area (Å²) in [5.74, 6) is 0. The average molecular weight is 212 g/mol. The van der Waals surface area contributed by atoms with E-state index in [9.17, 15) is 0 Å². The minimum atomic E-state index is 0.150. The summed E-state index contributed by atoms with van der Waals surface area (Å²) < 4.78 is 5.37. The van der Waals surface area contributed by atoms with E-state index in [4.69, 9.17) is 4.74 Å². The van der Waals surface area contributed by atoms with Gasteiger partial charge in [0, 0.05) is 24.1 Å². The van der Waals surface area contributed by atoms with Gasteiger partial charge in [-0.2, -0.15) is 0 Å². The third-order valence-corrected chi connectivity index (χ3v) is 3.40. The van der Waals surface area contributed by atoms with E-state index in [1.807, 2.05) is 6.92 Å². The van der Waals surface area contributed by atoms with Gasteiger partial charge in [-0.15, -0.1) is 11.3 Å². The summed E-state index contributed by atoms with van der Waals surface area (Å²) in [5, 5.41) is 6.75. The van der Waals surface area contributed by atoms with Crippen LogP contribution in [0.4, 0.5) is 0 Å². The van der Waals surface area contributed by atoms with Gasteiger partial charge in [0.25, 0.3) is 0 Å². The molecule has 0 spiro atoms. The van der Waals surface area contributed by atoms with Crippen molar-refractivity contribution in [2.45, 2.75) is 32.4 Å². The Kier molecular flexibility index (Phi) is 2.85. The molecule has 1 aromatic rings. The molecule has 78 valence electrons. The molecule has 0 bridgehead atoms. The number of thiazole rings is 1. The lowest BCUT2D eigenvalue weighted by Gasteiger charge is -2.22. The van der Waals surface area contributed by atoms with E-state index in [-0.39, 0.29) is 5.54 Å². The third-order valence-electron chi connectivity index (χ3n) is 2.58. The van der Waals surface area contributed by atoms with Gasteiger partial charge >= 0.3 is 0 Å². The molecule has 1 atom stereocenters. The van der Waals surface area contributed by atoms with E-state index >= 15 is 0 Å². The SMILES string of the molecule is Cc1nc(CNC2(C)CCOC2)cs1. The van der Waals surface area contributed by atoms with Crippen LogP contribution in [-0.2, 0) is 11.3 Å². The lowest BCUT2D eigenvalue weighted by molar-refractivity contribution is 0.171. The molecule has 4 heteroatoms. The van der Waals surface area contributed by atoms with Crippen molar-refractivity contribution < 1.29 is 4.74 Å². The van der Waals surface area contributed by atoms with Gasteiger partial charge in [-0.05, 0) is 20.3 Å². The highest BCUT2D eigenvalue weighted by atomic mass is 32.1. The molecule has 1 N–H and O–H groups in total. The quantitative estimate of drug-likeness (QED) is 0.828. The summed E-state index contributed by atoms with van der Waals surface area (Å²) in [4.78, 5) is 4.42. The summed E-state index contributed by atoms with van der Waals surface area (Å²) in [6.07, 6.45) is 1.09. The van der Waals surface area contributed by atoms with Crippen molar-refractivity contribution in [2.75, 3.05) is 13.2 Å². The Labute approximate surface area is 88.5 Å². The first kappa shape index (κ1) is 10.1. The number of aromatic nitrogens is 1. The maximum absolute atomic E-state index is 5.37. The van der Waals surface area contributed by atoms with Crippen molar-refractivity contribution in [3.8, 4) is 0 Å².